The third kappa shape index (κ3) is 3.34. The maximum absolute atomic E-state index is 12.5. The molecule has 4 heterocycles. The number of piperidine rings is 1. The monoisotopic (exact) mass is 446 g/mol. The van der Waals surface area contributed by atoms with Gasteiger partial charge in [-0.15, -0.1) is 5.10 Å². The second-order valence-corrected chi connectivity index (χ2v) is 10.3. The van der Waals surface area contributed by atoms with Crippen LogP contribution in [0.2, 0.25) is 0 Å². The highest BCUT2D eigenvalue weighted by atomic mass is 32.2. The van der Waals surface area contributed by atoms with E-state index < -0.39 is 10.2 Å². The molecule has 3 atom stereocenters. The minimum atomic E-state index is -3.38. The van der Waals surface area contributed by atoms with E-state index in [1.165, 1.54) is 4.31 Å². The zero-order valence-electron chi connectivity index (χ0n) is 17.7. The Morgan fingerprint density at radius 3 is 2.84 bits per heavy atom. The van der Waals surface area contributed by atoms with E-state index in [2.05, 4.69) is 25.6 Å². The van der Waals surface area contributed by atoms with Crippen LogP contribution in [0.25, 0.3) is 16.8 Å². The average Bonchev–Trinajstić information content (AvgIpc) is 3.51. The van der Waals surface area contributed by atoms with E-state index in [1.807, 2.05) is 25.4 Å². The SMILES string of the molecule is CCOc1c(-c2cn[nH]c2)ccn2nc(NC3CC4CC3CN4S(=O)(=O)N(C)C)nc12. The number of anilines is 1. The number of nitrogens with zero attached hydrogens (tertiary/aromatic N) is 6. The van der Waals surface area contributed by atoms with Gasteiger partial charge in [-0.1, -0.05) is 0 Å². The van der Waals surface area contributed by atoms with Crippen molar-refractivity contribution in [2.24, 2.45) is 5.92 Å². The van der Waals surface area contributed by atoms with Gasteiger partial charge in [-0.2, -0.15) is 27.1 Å². The molecule has 1 saturated carbocycles. The van der Waals surface area contributed by atoms with Gasteiger partial charge in [0, 0.05) is 56.2 Å². The molecule has 2 N–H and O–H groups in total. The molecule has 1 aliphatic carbocycles. The van der Waals surface area contributed by atoms with E-state index in [1.54, 1.807) is 29.1 Å². The number of rotatable bonds is 7. The number of ether oxygens (including phenoxy) is 1. The lowest BCUT2D eigenvalue weighted by atomic mass is 10.0. The number of pyridine rings is 1. The molecule has 3 aromatic heterocycles. The largest absolute Gasteiger partial charge is 0.489 e. The molecule has 2 fully saturated rings. The van der Waals surface area contributed by atoms with Crippen molar-refractivity contribution in [3.63, 3.8) is 0 Å². The van der Waals surface area contributed by atoms with E-state index in [0.717, 1.165) is 24.0 Å². The fourth-order valence-corrected chi connectivity index (χ4v) is 5.99. The van der Waals surface area contributed by atoms with Crippen molar-refractivity contribution in [1.29, 1.82) is 0 Å². The topological polar surface area (TPSA) is 121 Å². The molecule has 3 aromatic rings. The van der Waals surface area contributed by atoms with Gasteiger partial charge in [-0.05, 0) is 31.7 Å². The molecule has 2 bridgehead atoms. The van der Waals surface area contributed by atoms with Gasteiger partial charge in [0.05, 0.1) is 12.8 Å². The summed E-state index contributed by atoms with van der Waals surface area (Å²) < 4.78 is 35.6. The first-order valence-corrected chi connectivity index (χ1v) is 11.7. The highest BCUT2D eigenvalue weighted by Gasteiger charge is 2.49. The molecular weight excluding hydrogens is 420 g/mol. The Bertz CT molecular complexity index is 1190. The van der Waals surface area contributed by atoms with Crippen LogP contribution < -0.4 is 10.1 Å². The van der Waals surface area contributed by atoms with Gasteiger partial charge < -0.3 is 10.1 Å². The molecule has 166 valence electrons. The maximum atomic E-state index is 12.5. The quantitative estimate of drug-likeness (QED) is 0.559. The molecule has 0 spiro atoms. The molecule has 0 radical (unpaired) electrons. The van der Waals surface area contributed by atoms with Crippen molar-refractivity contribution in [3.05, 3.63) is 24.7 Å². The third-order valence-corrected chi connectivity index (χ3v) is 8.09. The van der Waals surface area contributed by atoms with E-state index in [4.69, 9.17) is 4.74 Å². The maximum Gasteiger partial charge on any atom is 0.281 e. The van der Waals surface area contributed by atoms with Crippen molar-refractivity contribution in [2.75, 3.05) is 32.6 Å². The minimum absolute atomic E-state index is 0.0126. The first-order valence-electron chi connectivity index (χ1n) is 10.4. The van der Waals surface area contributed by atoms with Gasteiger partial charge in [-0.25, -0.2) is 4.52 Å². The molecule has 1 aliphatic heterocycles. The van der Waals surface area contributed by atoms with Crippen LogP contribution in [0, 0.1) is 5.92 Å². The summed E-state index contributed by atoms with van der Waals surface area (Å²) in [5, 5.41) is 14.9. The van der Waals surface area contributed by atoms with Crippen LogP contribution in [0.5, 0.6) is 5.75 Å². The number of fused-ring (bicyclic) bond motifs is 3. The number of H-pyrrole nitrogens is 1. The van der Waals surface area contributed by atoms with Crippen molar-refractivity contribution in [1.82, 2.24) is 33.4 Å². The number of hydrogen-bond acceptors (Lipinski definition) is 7. The summed E-state index contributed by atoms with van der Waals surface area (Å²) in [5.41, 5.74) is 2.44. The predicted molar refractivity (Wildman–Crippen MR) is 115 cm³/mol. The Balaban J connectivity index is 1.39. The summed E-state index contributed by atoms with van der Waals surface area (Å²) >= 11 is 0. The highest BCUT2D eigenvalue weighted by Crippen LogP contribution is 2.41. The Hall–Kier alpha value is -2.70. The number of hydrogen-bond donors (Lipinski definition) is 2. The Kier molecular flexibility index (Phi) is 4.87. The van der Waals surface area contributed by atoms with Crippen LogP contribution in [0.3, 0.4) is 0 Å². The van der Waals surface area contributed by atoms with Gasteiger partial charge in [0.1, 0.15) is 0 Å². The molecule has 5 rings (SSSR count). The third-order valence-electron chi connectivity index (χ3n) is 6.12. The number of aromatic amines is 1. The Morgan fingerprint density at radius 1 is 1.35 bits per heavy atom. The van der Waals surface area contributed by atoms with Gasteiger partial charge in [0.15, 0.2) is 11.4 Å². The predicted octanol–water partition coefficient (Wildman–Crippen LogP) is 1.20. The fraction of sp³-hybridized carbons (Fsp3) is 0.526. The van der Waals surface area contributed by atoms with Crippen molar-refractivity contribution in [2.45, 2.75) is 31.8 Å². The van der Waals surface area contributed by atoms with Crippen LogP contribution in [0.4, 0.5) is 5.95 Å². The molecule has 31 heavy (non-hydrogen) atoms. The van der Waals surface area contributed by atoms with E-state index >= 15 is 0 Å². The van der Waals surface area contributed by atoms with Crippen molar-refractivity contribution < 1.29 is 13.2 Å². The van der Waals surface area contributed by atoms with Crippen LogP contribution in [-0.4, -0.2) is 81.2 Å². The lowest BCUT2D eigenvalue weighted by Crippen LogP contribution is -2.47. The summed E-state index contributed by atoms with van der Waals surface area (Å²) in [6.07, 6.45) is 7.00. The van der Waals surface area contributed by atoms with Crippen LogP contribution in [0.1, 0.15) is 19.8 Å². The molecule has 0 amide bonds. The lowest BCUT2D eigenvalue weighted by Gasteiger charge is -2.32. The van der Waals surface area contributed by atoms with Crippen molar-refractivity contribution in [3.8, 4) is 16.9 Å². The molecule has 11 nitrogen and oxygen atoms in total. The summed E-state index contributed by atoms with van der Waals surface area (Å²) in [6, 6.07) is 2.08. The molecule has 2 aliphatic rings. The number of nitrogens with one attached hydrogen (secondary N) is 2. The molecule has 1 saturated heterocycles. The Labute approximate surface area is 180 Å². The summed E-state index contributed by atoms with van der Waals surface area (Å²) in [6.45, 7) is 2.95. The molecule has 3 unspecified atom stereocenters. The normalized spacial score (nSPS) is 23.8. The zero-order chi connectivity index (χ0) is 21.8. The second-order valence-electron chi connectivity index (χ2n) is 8.18. The van der Waals surface area contributed by atoms with Gasteiger partial charge in [0.25, 0.3) is 10.2 Å². The lowest BCUT2D eigenvalue weighted by molar-refractivity contribution is 0.300. The standard InChI is InChI=1S/C19H26N8O3S/c1-4-30-17-15(13-9-20-21-10-13)5-6-26-18(17)23-19(24-26)22-16-8-14-7-12(16)11-27(14)31(28,29)25(2)3/h5-6,9-10,12,14,16H,4,7-8,11H2,1-3H3,(H,20,21)(H,22,24). The molecule has 0 aromatic carbocycles. The minimum Gasteiger partial charge on any atom is -0.489 e. The second kappa shape index (κ2) is 7.46. The van der Waals surface area contributed by atoms with Gasteiger partial charge in [0.2, 0.25) is 5.95 Å². The highest BCUT2D eigenvalue weighted by molar-refractivity contribution is 7.86. The zero-order valence-corrected chi connectivity index (χ0v) is 18.5. The first kappa shape index (κ1) is 20.2. The smallest absolute Gasteiger partial charge is 0.281 e. The fourth-order valence-electron chi connectivity index (χ4n) is 4.64. The summed E-state index contributed by atoms with van der Waals surface area (Å²) in [5.74, 6) is 1.41. The van der Waals surface area contributed by atoms with E-state index in [9.17, 15) is 8.42 Å². The molecule has 12 heteroatoms. The summed E-state index contributed by atoms with van der Waals surface area (Å²) in [4.78, 5) is 4.69. The number of aromatic nitrogens is 5. The van der Waals surface area contributed by atoms with E-state index in [-0.39, 0.29) is 18.0 Å². The van der Waals surface area contributed by atoms with Gasteiger partial charge in [-0.3, -0.25) is 5.10 Å². The van der Waals surface area contributed by atoms with Crippen LogP contribution in [-0.2, 0) is 10.2 Å². The van der Waals surface area contributed by atoms with E-state index in [0.29, 0.717) is 30.5 Å². The van der Waals surface area contributed by atoms with Crippen LogP contribution >= 0.6 is 0 Å². The van der Waals surface area contributed by atoms with Crippen molar-refractivity contribution >= 4 is 21.8 Å². The average molecular weight is 447 g/mol. The summed E-state index contributed by atoms with van der Waals surface area (Å²) in [7, 11) is -0.234. The molecular formula is C19H26N8O3S. The Morgan fingerprint density at radius 2 is 2.19 bits per heavy atom. The first-order chi connectivity index (χ1) is 14.9. The van der Waals surface area contributed by atoms with Gasteiger partial charge >= 0.3 is 0 Å². The van der Waals surface area contributed by atoms with Crippen LogP contribution in [0.15, 0.2) is 24.7 Å².